The highest BCUT2D eigenvalue weighted by Gasteiger charge is 2.34. The highest BCUT2D eigenvalue weighted by molar-refractivity contribution is 5.71. The molecule has 0 bridgehead atoms. The monoisotopic (exact) mass is 265 g/mol. The molecule has 104 valence electrons. The number of ether oxygens (including phenoxy) is 1. The molecule has 1 aliphatic rings. The molecule has 2 rings (SSSR count). The number of phenolic OH excluding ortho intramolecular Hbond substituents is 1. The van der Waals surface area contributed by atoms with Crippen LogP contribution in [0.5, 0.6) is 11.5 Å². The van der Waals surface area contributed by atoms with Gasteiger partial charge in [0.2, 0.25) is 0 Å². The van der Waals surface area contributed by atoms with Crippen LogP contribution in [0, 0.1) is 11.8 Å². The predicted molar refractivity (Wildman–Crippen MR) is 70.2 cm³/mol. The molecule has 0 aliphatic carbocycles. The number of likely N-dealkylation sites (tertiary alicyclic amines) is 1. The summed E-state index contributed by atoms with van der Waals surface area (Å²) < 4.78 is 5.13. The fourth-order valence-corrected chi connectivity index (χ4v) is 2.57. The van der Waals surface area contributed by atoms with Crippen molar-refractivity contribution >= 4 is 5.97 Å². The molecule has 1 aromatic rings. The Morgan fingerprint density at radius 1 is 1.47 bits per heavy atom. The van der Waals surface area contributed by atoms with Crippen molar-refractivity contribution in [1.29, 1.82) is 0 Å². The lowest BCUT2D eigenvalue weighted by molar-refractivity contribution is -0.142. The molecule has 5 nitrogen and oxygen atoms in total. The SMILES string of the molecule is COc1ccc(O)c(CN2CC(C)C(C(=O)O)C2)c1. The van der Waals surface area contributed by atoms with E-state index in [9.17, 15) is 9.90 Å². The van der Waals surface area contributed by atoms with E-state index in [-0.39, 0.29) is 17.6 Å². The molecule has 0 radical (unpaired) electrons. The number of benzene rings is 1. The molecule has 5 heteroatoms. The molecule has 1 saturated heterocycles. The van der Waals surface area contributed by atoms with Gasteiger partial charge in [0.05, 0.1) is 13.0 Å². The van der Waals surface area contributed by atoms with Crippen LogP contribution >= 0.6 is 0 Å². The smallest absolute Gasteiger partial charge is 0.308 e. The first-order valence-corrected chi connectivity index (χ1v) is 6.32. The first kappa shape index (κ1) is 13.7. The van der Waals surface area contributed by atoms with Crippen molar-refractivity contribution in [2.75, 3.05) is 20.2 Å². The van der Waals surface area contributed by atoms with Crippen molar-refractivity contribution in [3.05, 3.63) is 23.8 Å². The maximum Gasteiger partial charge on any atom is 0.308 e. The maximum absolute atomic E-state index is 11.1. The van der Waals surface area contributed by atoms with Gasteiger partial charge in [-0.15, -0.1) is 0 Å². The second-order valence-corrected chi connectivity index (χ2v) is 5.11. The number of carbonyl (C=O) groups is 1. The van der Waals surface area contributed by atoms with E-state index in [0.29, 0.717) is 18.8 Å². The number of nitrogens with zero attached hydrogens (tertiary/aromatic N) is 1. The van der Waals surface area contributed by atoms with Gasteiger partial charge in [-0.3, -0.25) is 9.69 Å². The topological polar surface area (TPSA) is 70.0 Å². The van der Waals surface area contributed by atoms with Gasteiger partial charge < -0.3 is 14.9 Å². The van der Waals surface area contributed by atoms with E-state index in [1.54, 1.807) is 25.3 Å². The fourth-order valence-electron chi connectivity index (χ4n) is 2.57. The van der Waals surface area contributed by atoms with Crippen molar-refractivity contribution in [3.8, 4) is 11.5 Å². The molecule has 2 atom stereocenters. The van der Waals surface area contributed by atoms with E-state index in [1.165, 1.54) is 0 Å². The first-order chi connectivity index (χ1) is 9.01. The number of hydrogen-bond acceptors (Lipinski definition) is 4. The lowest BCUT2D eigenvalue weighted by Gasteiger charge is -2.16. The Morgan fingerprint density at radius 2 is 2.21 bits per heavy atom. The summed E-state index contributed by atoms with van der Waals surface area (Å²) in [5.74, 6) is -0.0371. The molecule has 1 heterocycles. The van der Waals surface area contributed by atoms with Crippen LogP contribution in [0.15, 0.2) is 18.2 Å². The number of hydrogen-bond donors (Lipinski definition) is 2. The van der Waals surface area contributed by atoms with Crippen LogP contribution in [-0.2, 0) is 11.3 Å². The molecule has 0 amide bonds. The zero-order valence-corrected chi connectivity index (χ0v) is 11.2. The molecule has 1 fully saturated rings. The van der Waals surface area contributed by atoms with Gasteiger partial charge in [0.15, 0.2) is 0 Å². The van der Waals surface area contributed by atoms with Crippen molar-refractivity contribution in [3.63, 3.8) is 0 Å². The lowest BCUT2D eigenvalue weighted by Crippen LogP contribution is -2.23. The Morgan fingerprint density at radius 3 is 2.79 bits per heavy atom. The Bertz CT molecular complexity index is 475. The van der Waals surface area contributed by atoms with E-state index in [4.69, 9.17) is 9.84 Å². The zero-order chi connectivity index (χ0) is 14.0. The molecule has 2 unspecified atom stereocenters. The first-order valence-electron chi connectivity index (χ1n) is 6.32. The maximum atomic E-state index is 11.1. The van der Waals surface area contributed by atoms with Gasteiger partial charge in [-0.1, -0.05) is 6.92 Å². The quantitative estimate of drug-likeness (QED) is 0.864. The van der Waals surface area contributed by atoms with Crippen molar-refractivity contribution in [1.82, 2.24) is 4.90 Å². The van der Waals surface area contributed by atoms with Gasteiger partial charge in [0.25, 0.3) is 0 Å². The highest BCUT2D eigenvalue weighted by Crippen LogP contribution is 2.29. The Labute approximate surface area is 112 Å². The molecule has 0 spiro atoms. The molecule has 2 N–H and O–H groups in total. The summed E-state index contributed by atoms with van der Waals surface area (Å²) in [5, 5.41) is 18.9. The van der Waals surface area contributed by atoms with Gasteiger partial charge in [0.1, 0.15) is 11.5 Å². The largest absolute Gasteiger partial charge is 0.508 e. The predicted octanol–water partition coefficient (Wildman–Crippen LogP) is 1.55. The third-order valence-corrected chi connectivity index (χ3v) is 3.69. The third-order valence-electron chi connectivity index (χ3n) is 3.69. The van der Waals surface area contributed by atoms with Crippen molar-refractivity contribution in [2.24, 2.45) is 11.8 Å². The minimum Gasteiger partial charge on any atom is -0.508 e. The number of aromatic hydroxyl groups is 1. The average molecular weight is 265 g/mol. The number of methoxy groups -OCH3 is 1. The summed E-state index contributed by atoms with van der Waals surface area (Å²) in [4.78, 5) is 13.1. The summed E-state index contributed by atoms with van der Waals surface area (Å²) in [6.07, 6.45) is 0. The fraction of sp³-hybridized carbons (Fsp3) is 0.500. The molecular formula is C14H19NO4. The van der Waals surface area contributed by atoms with Crippen LogP contribution in [0.3, 0.4) is 0 Å². The molecule has 19 heavy (non-hydrogen) atoms. The van der Waals surface area contributed by atoms with Crippen LogP contribution in [0.4, 0.5) is 0 Å². The average Bonchev–Trinajstić information content (AvgIpc) is 2.73. The summed E-state index contributed by atoms with van der Waals surface area (Å²) in [6, 6.07) is 5.09. The number of rotatable bonds is 4. The zero-order valence-electron chi connectivity index (χ0n) is 11.2. The van der Waals surface area contributed by atoms with Gasteiger partial charge >= 0.3 is 5.97 Å². The molecule has 1 aromatic carbocycles. The summed E-state index contributed by atoms with van der Waals surface area (Å²) in [7, 11) is 1.58. The van der Waals surface area contributed by atoms with Gasteiger partial charge in [-0.25, -0.2) is 0 Å². The second kappa shape index (κ2) is 5.48. The normalized spacial score (nSPS) is 23.5. The molecule has 1 aliphatic heterocycles. The van der Waals surface area contributed by atoms with Gasteiger partial charge in [0, 0.05) is 25.2 Å². The van der Waals surface area contributed by atoms with Crippen LogP contribution in [0.25, 0.3) is 0 Å². The Kier molecular flexibility index (Phi) is 3.95. The van der Waals surface area contributed by atoms with Crippen LogP contribution < -0.4 is 4.74 Å². The summed E-state index contributed by atoms with van der Waals surface area (Å²) in [5.41, 5.74) is 0.762. The van der Waals surface area contributed by atoms with Gasteiger partial charge in [-0.05, 0) is 24.1 Å². The standard InChI is InChI=1S/C14H19NO4/c1-9-6-15(8-12(9)14(17)18)7-10-5-11(19-2)3-4-13(10)16/h3-5,9,12,16H,6-8H2,1-2H3,(H,17,18). The Balaban J connectivity index is 2.08. The highest BCUT2D eigenvalue weighted by atomic mass is 16.5. The lowest BCUT2D eigenvalue weighted by atomic mass is 9.99. The minimum absolute atomic E-state index is 0.130. The van der Waals surface area contributed by atoms with Crippen LogP contribution in [0.1, 0.15) is 12.5 Å². The summed E-state index contributed by atoms with van der Waals surface area (Å²) in [6.45, 7) is 3.74. The number of carboxylic acids is 1. The van der Waals surface area contributed by atoms with Crippen molar-refractivity contribution in [2.45, 2.75) is 13.5 Å². The summed E-state index contributed by atoms with van der Waals surface area (Å²) >= 11 is 0. The molecular weight excluding hydrogens is 246 g/mol. The molecule has 0 saturated carbocycles. The molecule has 0 aromatic heterocycles. The van der Waals surface area contributed by atoms with Gasteiger partial charge in [-0.2, -0.15) is 0 Å². The van der Waals surface area contributed by atoms with Crippen molar-refractivity contribution < 1.29 is 19.7 Å². The minimum atomic E-state index is -0.745. The van der Waals surface area contributed by atoms with E-state index < -0.39 is 5.97 Å². The van der Waals surface area contributed by atoms with E-state index in [2.05, 4.69) is 4.90 Å². The Hall–Kier alpha value is -1.75. The third kappa shape index (κ3) is 2.98. The van der Waals surface area contributed by atoms with E-state index in [0.717, 1.165) is 12.1 Å². The van der Waals surface area contributed by atoms with E-state index >= 15 is 0 Å². The number of aliphatic carboxylic acids is 1. The van der Waals surface area contributed by atoms with Crippen LogP contribution in [-0.4, -0.2) is 41.3 Å². The number of carboxylic acid groups (broad SMARTS) is 1. The van der Waals surface area contributed by atoms with Crippen LogP contribution in [0.2, 0.25) is 0 Å². The number of phenols is 1. The van der Waals surface area contributed by atoms with E-state index in [1.807, 2.05) is 6.92 Å². The second-order valence-electron chi connectivity index (χ2n) is 5.11.